The van der Waals surface area contributed by atoms with Crippen LogP contribution in [0.5, 0.6) is 0 Å². The van der Waals surface area contributed by atoms with E-state index in [0.29, 0.717) is 0 Å². The Balaban J connectivity index is 4.38. The van der Waals surface area contributed by atoms with Crippen LogP contribution in [0.25, 0.3) is 0 Å². The zero-order valence-corrected chi connectivity index (χ0v) is 9.23. The van der Waals surface area contributed by atoms with Crippen LogP contribution in [0.4, 0.5) is 0 Å². The minimum Gasteiger partial charge on any atom is -0.384 e. The van der Waals surface area contributed by atoms with Crippen molar-refractivity contribution in [1.82, 2.24) is 0 Å². The van der Waals surface area contributed by atoms with Crippen molar-refractivity contribution in [2.24, 2.45) is 5.92 Å². The predicted molar refractivity (Wildman–Crippen MR) is 53.4 cm³/mol. The highest BCUT2D eigenvalue weighted by atomic mass is 32.2. The van der Waals surface area contributed by atoms with Gasteiger partial charge in [-0.05, 0) is 20.1 Å². The van der Waals surface area contributed by atoms with Crippen LogP contribution in [0.2, 0.25) is 0 Å². The van der Waals surface area contributed by atoms with Crippen molar-refractivity contribution >= 4 is 17.5 Å². The van der Waals surface area contributed by atoms with E-state index in [1.54, 1.807) is 0 Å². The lowest BCUT2D eigenvalue weighted by Crippen LogP contribution is -2.41. The van der Waals surface area contributed by atoms with E-state index in [0.717, 1.165) is 0 Å². The molecule has 0 fully saturated rings. The highest BCUT2D eigenvalue weighted by Gasteiger charge is 2.33. The summed E-state index contributed by atoms with van der Waals surface area (Å²) in [4.78, 5) is 11.4. The summed E-state index contributed by atoms with van der Waals surface area (Å²) in [5, 5.41) is 9.65. The standard InChI is InChI=1S/C9H18O2S/c1-6(2)7(10)8(11)9(3,4)12-5/h6,8,11H,1-5H3/t8-/m0/s1. The van der Waals surface area contributed by atoms with Gasteiger partial charge in [0.05, 0.1) is 0 Å². The van der Waals surface area contributed by atoms with Gasteiger partial charge >= 0.3 is 0 Å². The zero-order chi connectivity index (χ0) is 9.94. The van der Waals surface area contributed by atoms with E-state index in [9.17, 15) is 9.90 Å². The zero-order valence-electron chi connectivity index (χ0n) is 8.42. The number of Topliss-reactive ketones (excluding diaryl/α,β-unsaturated/α-hetero) is 1. The maximum absolute atomic E-state index is 11.4. The summed E-state index contributed by atoms with van der Waals surface area (Å²) < 4.78 is -0.374. The number of aliphatic hydroxyl groups is 1. The number of carbonyl (C=O) groups is 1. The Bertz CT molecular complexity index is 164. The molecular weight excluding hydrogens is 172 g/mol. The van der Waals surface area contributed by atoms with Gasteiger partial charge in [-0.2, -0.15) is 11.8 Å². The Morgan fingerprint density at radius 3 is 2.08 bits per heavy atom. The molecule has 0 unspecified atom stereocenters. The number of rotatable bonds is 4. The number of carbonyl (C=O) groups excluding carboxylic acids is 1. The SMILES string of the molecule is CSC(C)(C)[C@@H](O)C(=O)C(C)C. The fraction of sp³-hybridized carbons (Fsp3) is 0.889. The quantitative estimate of drug-likeness (QED) is 0.733. The third-order valence-corrected chi connectivity index (χ3v) is 3.30. The van der Waals surface area contributed by atoms with Crippen LogP contribution < -0.4 is 0 Å². The van der Waals surface area contributed by atoms with Gasteiger partial charge in [-0.3, -0.25) is 4.79 Å². The second-order valence-electron chi connectivity index (χ2n) is 3.77. The van der Waals surface area contributed by atoms with Crippen molar-refractivity contribution in [3.8, 4) is 0 Å². The molecule has 0 aliphatic heterocycles. The summed E-state index contributed by atoms with van der Waals surface area (Å²) in [7, 11) is 0. The molecule has 0 aliphatic carbocycles. The van der Waals surface area contributed by atoms with Crippen molar-refractivity contribution < 1.29 is 9.90 Å². The molecule has 2 nitrogen and oxygen atoms in total. The van der Waals surface area contributed by atoms with Gasteiger partial charge in [-0.1, -0.05) is 13.8 Å². The van der Waals surface area contributed by atoms with E-state index in [-0.39, 0.29) is 16.4 Å². The van der Waals surface area contributed by atoms with E-state index in [1.807, 2.05) is 34.0 Å². The van der Waals surface area contributed by atoms with E-state index < -0.39 is 6.10 Å². The molecule has 0 bridgehead atoms. The van der Waals surface area contributed by atoms with Crippen LogP contribution in [-0.4, -0.2) is 28.0 Å². The van der Waals surface area contributed by atoms with Crippen molar-refractivity contribution in [1.29, 1.82) is 0 Å². The summed E-state index contributed by atoms with van der Waals surface area (Å²) in [5.74, 6) is -0.166. The lowest BCUT2D eigenvalue weighted by atomic mass is 9.95. The minimum atomic E-state index is -0.854. The molecule has 0 amide bonds. The second kappa shape index (κ2) is 4.28. The molecule has 3 heteroatoms. The highest BCUT2D eigenvalue weighted by molar-refractivity contribution is 8.00. The summed E-state index contributed by atoms with van der Waals surface area (Å²) in [6, 6.07) is 0. The monoisotopic (exact) mass is 190 g/mol. The van der Waals surface area contributed by atoms with E-state index in [4.69, 9.17) is 0 Å². The van der Waals surface area contributed by atoms with Crippen LogP contribution in [0.1, 0.15) is 27.7 Å². The molecule has 0 spiro atoms. The van der Waals surface area contributed by atoms with E-state index >= 15 is 0 Å². The predicted octanol–water partition coefficient (Wildman–Crippen LogP) is 1.71. The molecule has 0 saturated carbocycles. The van der Waals surface area contributed by atoms with Gasteiger partial charge in [-0.15, -0.1) is 0 Å². The summed E-state index contributed by atoms with van der Waals surface area (Å²) >= 11 is 1.51. The normalized spacial score (nSPS) is 14.9. The molecule has 0 aliphatic rings. The number of hydrogen-bond acceptors (Lipinski definition) is 3. The van der Waals surface area contributed by atoms with Crippen LogP contribution >= 0.6 is 11.8 Å². The smallest absolute Gasteiger partial charge is 0.165 e. The fourth-order valence-corrected chi connectivity index (χ4v) is 1.11. The van der Waals surface area contributed by atoms with Crippen molar-refractivity contribution in [3.05, 3.63) is 0 Å². The number of thioether (sulfide) groups is 1. The maximum atomic E-state index is 11.4. The van der Waals surface area contributed by atoms with Gasteiger partial charge in [0, 0.05) is 10.7 Å². The average molecular weight is 190 g/mol. The lowest BCUT2D eigenvalue weighted by molar-refractivity contribution is -0.131. The topological polar surface area (TPSA) is 37.3 Å². The first-order valence-corrected chi connectivity index (χ1v) is 5.32. The summed E-state index contributed by atoms with van der Waals surface area (Å²) in [5.41, 5.74) is 0. The Kier molecular flexibility index (Phi) is 4.28. The minimum absolute atomic E-state index is 0.0747. The molecule has 0 aromatic heterocycles. The average Bonchev–Trinajstić information content (AvgIpc) is 2.01. The van der Waals surface area contributed by atoms with Crippen LogP contribution in [0.3, 0.4) is 0 Å². The molecule has 0 radical (unpaired) electrons. The second-order valence-corrected chi connectivity index (χ2v) is 5.23. The van der Waals surface area contributed by atoms with Gasteiger partial charge in [0.2, 0.25) is 0 Å². The summed E-state index contributed by atoms with van der Waals surface area (Å²) in [6.07, 6.45) is 1.05. The first-order valence-electron chi connectivity index (χ1n) is 4.10. The first kappa shape index (κ1) is 12.0. The molecule has 0 rings (SSSR count). The Hall–Kier alpha value is -0.0200. The van der Waals surface area contributed by atoms with Crippen LogP contribution in [0.15, 0.2) is 0 Å². The molecule has 0 aromatic carbocycles. The molecule has 72 valence electrons. The molecule has 0 heterocycles. The van der Waals surface area contributed by atoms with E-state index in [2.05, 4.69) is 0 Å². The Morgan fingerprint density at radius 2 is 1.83 bits per heavy atom. The summed E-state index contributed by atoms with van der Waals surface area (Å²) in [6.45, 7) is 7.37. The molecule has 0 aromatic rings. The van der Waals surface area contributed by atoms with Crippen molar-refractivity contribution in [2.45, 2.75) is 38.5 Å². The largest absolute Gasteiger partial charge is 0.384 e. The first-order chi connectivity index (χ1) is 5.33. The fourth-order valence-electron chi connectivity index (χ4n) is 0.770. The van der Waals surface area contributed by atoms with Crippen molar-refractivity contribution in [3.63, 3.8) is 0 Å². The molecule has 1 atom stereocenters. The lowest BCUT2D eigenvalue weighted by Gasteiger charge is -2.28. The van der Waals surface area contributed by atoms with Crippen LogP contribution in [-0.2, 0) is 4.79 Å². The third-order valence-electron chi connectivity index (χ3n) is 2.02. The van der Waals surface area contributed by atoms with Gasteiger partial charge in [0.15, 0.2) is 5.78 Å². The van der Waals surface area contributed by atoms with Gasteiger partial charge in [0.1, 0.15) is 6.10 Å². The van der Waals surface area contributed by atoms with Crippen molar-refractivity contribution in [2.75, 3.05) is 6.26 Å². The third kappa shape index (κ3) is 2.79. The number of hydrogen-bond donors (Lipinski definition) is 1. The van der Waals surface area contributed by atoms with Crippen LogP contribution in [0, 0.1) is 5.92 Å². The van der Waals surface area contributed by atoms with Gasteiger partial charge in [-0.25, -0.2) is 0 Å². The number of aliphatic hydroxyl groups excluding tert-OH is 1. The highest BCUT2D eigenvalue weighted by Crippen LogP contribution is 2.27. The number of ketones is 1. The molecule has 1 N–H and O–H groups in total. The molecule has 12 heavy (non-hydrogen) atoms. The molecular formula is C9H18O2S. The molecule has 0 saturated heterocycles. The van der Waals surface area contributed by atoms with Gasteiger partial charge < -0.3 is 5.11 Å². The Labute approximate surface area is 78.7 Å². The van der Waals surface area contributed by atoms with Gasteiger partial charge in [0.25, 0.3) is 0 Å². The maximum Gasteiger partial charge on any atom is 0.165 e. The Morgan fingerprint density at radius 1 is 1.42 bits per heavy atom. The van der Waals surface area contributed by atoms with E-state index in [1.165, 1.54) is 11.8 Å².